The zero-order valence-electron chi connectivity index (χ0n) is 12.8. The lowest BCUT2D eigenvalue weighted by molar-refractivity contribution is -0.207. The first kappa shape index (κ1) is 18.5. The Morgan fingerprint density at radius 2 is 1.96 bits per heavy atom. The average molecular weight is 393 g/mol. The Labute approximate surface area is 148 Å². The molecule has 1 atom stereocenters. The number of halogens is 6. The molecule has 1 aliphatic heterocycles. The Bertz CT molecular complexity index is 872. The molecule has 10 heteroatoms. The Balaban J connectivity index is 2.10. The van der Waals surface area contributed by atoms with Crippen LogP contribution in [0.25, 0.3) is 0 Å². The number of aliphatic hydroxyl groups excluding tert-OH is 1. The van der Waals surface area contributed by atoms with Gasteiger partial charge < -0.3 is 10.0 Å². The molecule has 0 saturated carbocycles. The first-order valence-corrected chi connectivity index (χ1v) is 7.59. The van der Waals surface area contributed by atoms with Crippen LogP contribution in [0.3, 0.4) is 0 Å². The van der Waals surface area contributed by atoms with E-state index in [2.05, 4.69) is 4.98 Å². The maximum Gasteiger partial charge on any atom is 0.418 e. The van der Waals surface area contributed by atoms with Gasteiger partial charge in [-0.3, -0.25) is 4.79 Å². The number of fused-ring (bicyclic) bond motifs is 1. The molecule has 1 amide bonds. The highest BCUT2D eigenvalue weighted by Crippen LogP contribution is 2.49. The molecule has 4 nitrogen and oxygen atoms in total. The standard InChI is InChI=1S/C16H10ClF5N2O2/c17-11-6-8(4-5-23-11)7-24-10-3-1-2-9(13(25)16(20,21)22)12(10)15(18,19)14(24)26/h1-6,13,25H,7H2/t13-/m0/s1. The van der Waals surface area contributed by atoms with Crippen LogP contribution < -0.4 is 4.90 Å². The highest BCUT2D eigenvalue weighted by atomic mass is 35.5. The number of aromatic nitrogens is 1. The summed E-state index contributed by atoms with van der Waals surface area (Å²) in [6.07, 6.45) is -6.98. The zero-order chi connectivity index (χ0) is 19.3. The zero-order valence-corrected chi connectivity index (χ0v) is 13.5. The molecular weight excluding hydrogens is 383 g/mol. The Morgan fingerprint density at radius 1 is 1.27 bits per heavy atom. The molecule has 1 aliphatic rings. The van der Waals surface area contributed by atoms with E-state index in [4.69, 9.17) is 11.6 Å². The van der Waals surface area contributed by atoms with Crippen molar-refractivity contribution in [3.63, 3.8) is 0 Å². The molecule has 138 valence electrons. The summed E-state index contributed by atoms with van der Waals surface area (Å²) in [4.78, 5) is 16.5. The van der Waals surface area contributed by atoms with Crippen molar-refractivity contribution in [2.75, 3.05) is 4.90 Å². The number of rotatable bonds is 3. The SMILES string of the molecule is O=C1N(Cc2ccnc(Cl)c2)c2cccc([C@H](O)C(F)(F)F)c2C1(F)F. The second-order valence-corrected chi connectivity index (χ2v) is 6.03. The first-order valence-electron chi connectivity index (χ1n) is 7.22. The van der Waals surface area contributed by atoms with Gasteiger partial charge in [0.15, 0.2) is 6.10 Å². The Hall–Kier alpha value is -2.26. The fourth-order valence-electron chi connectivity index (χ4n) is 2.80. The van der Waals surface area contributed by atoms with E-state index in [1.54, 1.807) is 0 Å². The van der Waals surface area contributed by atoms with Gasteiger partial charge in [-0.1, -0.05) is 23.7 Å². The molecule has 0 radical (unpaired) electrons. The van der Waals surface area contributed by atoms with Crippen LogP contribution >= 0.6 is 11.6 Å². The van der Waals surface area contributed by atoms with Crippen molar-refractivity contribution in [1.29, 1.82) is 0 Å². The van der Waals surface area contributed by atoms with Crippen molar-refractivity contribution in [2.24, 2.45) is 0 Å². The van der Waals surface area contributed by atoms with Crippen molar-refractivity contribution in [3.05, 3.63) is 58.4 Å². The number of amides is 1. The third-order valence-electron chi connectivity index (χ3n) is 3.93. The predicted octanol–water partition coefficient (Wildman–Crippen LogP) is 3.97. The summed E-state index contributed by atoms with van der Waals surface area (Å²) in [5.74, 6) is -5.88. The van der Waals surface area contributed by atoms with Gasteiger partial charge in [-0.25, -0.2) is 4.98 Å². The van der Waals surface area contributed by atoms with Gasteiger partial charge in [0, 0.05) is 11.8 Å². The van der Waals surface area contributed by atoms with Crippen molar-refractivity contribution < 1.29 is 31.9 Å². The van der Waals surface area contributed by atoms with Crippen LogP contribution in [0.4, 0.5) is 27.6 Å². The molecule has 0 saturated heterocycles. The second kappa shape index (κ2) is 6.17. The number of aliphatic hydroxyl groups is 1. The maximum absolute atomic E-state index is 14.5. The fraction of sp³-hybridized carbons (Fsp3) is 0.250. The van der Waals surface area contributed by atoms with Crippen LogP contribution in [-0.2, 0) is 17.3 Å². The van der Waals surface area contributed by atoms with Crippen LogP contribution in [0.2, 0.25) is 5.15 Å². The minimum Gasteiger partial charge on any atom is -0.379 e. The van der Waals surface area contributed by atoms with Crippen LogP contribution in [0.1, 0.15) is 22.8 Å². The minimum atomic E-state index is -5.15. The molecular formula is C16H10ClF5N2O2. The van der Waals surface area contributed by atoms with Crippen molar-refractivity contribution in [1.82, 2.24) is 4.98 Å². The molecule has 2 aromatic rings. The van der Waals surface area contributed by atoms with Gasteiger partial charge in [-0.05, 0) is 23.8 Å². The Morgan fingerprint density at radius 3 is 2.58 bits per heavy atom. The lowest BCUT2D eigenvalue weighted by Gasteiger charge is -2.20. The molecule has 0 fully saturated rings. The van der Waals surface area contributed by atoms with Gasteiger partial charge in [0.1, 0.15) is 5.15 Å². The third-order valence-corrected chi connectivity index (χ3v) is 4.14. The van der Waals surface area contributed by atoms with E-state index in [0.717, 1.165) is 18.2 Å². The quantitative estimate of drug-likeness (QED) is 0.635. The van der Waals surface area contributed by atoms with Crippen molar-refractivity contribution in [2.45, 2.75) is 24.7 Å². The van der Waals surface area contributed by atoms with Crippen LogP contribution in [0.15, 0.2) is 36.5 Å². The van der Waals surface area contributed by atoms with Crippen LogP contribution in [-0.4, -0.2) is 22.2 Å². The summed E-state index contributed by atoms with van der Waals surface area (Å²) in [7, 11) is 0. The van der Waals surface area contributed by atoms with Crippen molar-refractivity contribution >= 4 is 23.2 Å². The molecule has 1 aromatic carbocycles. The van der Waals surface area contributed by atoms with E-state index < -0.39 is 40.9 Å². The number of pyridine rings is 1. The number of alkyl halides is 5. The predicted molar refractivity (Wildman–Crippen MR) is 81.8 cm³/mol. The van der Waals surface area contributed by atoms with Gasteiger partial charge in [0.05, 0.1) is 17.8 Å². The van der Waals surface area contributed by atoms with Crippen LogP contribution in [0, 0.1) is 0 Å². The number of anilines is 1. The molecule has 1 aromatic heterocycles. The largest absolute Gasteiger partial charge is 0.418 e. The van der Waals surface area contributed by atoms with E-state index in [1.165, 1.54) is 18.3 Å². The second-order valence-electron chi connectivity index (χ2n) is 5.64. The number of carbonyl (C=O) groups is 1. The number of benzene rings is 1. The molecule has 0 spiro atoms. The third kappa shape index (κ3) is 3.01. The molecule has 0 aliphatic carbocycles. The smallest absolute Gasteiger partial charge is 0.379 e. The minimum absolute atomic E-state index is 0.0716. The molecule has 1 N–H and O–H groups in total. The summed E-state index contributed by atoms with van der Waals surface area (Å²) in [6, 6.07) is 5.68. The molecule has 0 unspecified atom stereocenters. The summed E-state index contributed by atoms with van der Waals surface area (Å²) in [5, 5.41) is 9.51. The molecule has 26 heavy (non-hydrogen) atoms. The number of hydrogen-bond acceptors (Lipinski definition) is 3. The monoisotopic (exact) mass is 392 g/mol. The van der Waals surface area contributed by atoms with Crippen LogP contribution in [0.5, 0.6) is 0 Å². The summed E-state index contributed by atoms with van der Waals surface area (Å²) in [5.41, 5.74) is -2.23. The first-order chi connectivity index (χ1) is 12.0. The highest BCUT2D eigenvalue weighted by Gasteiger charge is 2.56. The summed E-state index contributed by atoms with van der Waals surface area (Å²) in [6.45, 7) is -0.338. The lowest BCUT2D eigenvalue weighted by atomic mass is 9.97. The summed E-state index contributed by atoms with van der Waals surface area (Å²) < 4.78 is 67.4. The molecule has 0 bridgehead atoms. The average Bonchev–Trinajstić information content (AvgIpc) is 2.74. The van der Waals surface area contributed by atoms with Gasteiger partial charge in [0.25, 0.3) is 0 Å². The van der Waals surface area contributed by atoms with E-state index in [0.29, 0.717) is 10.5 Å². The lowest BCUT2D eigenvalue weighted by Crippen LogP contribution is -2.34. The maximum atomic E-state index is 14.5. The van der Waals surface area contributed by atoms with E-state index in [9.17, 15) is 31.9 Å². The summed E-state index contributed by atoms with van der Waals surface area (Å²) >= 11 is 5.72. The van der Waals surface area contributed by atoms with Gasteiger partial charge in [-0.15, -0.1) is 0 Å². The topological polar surface area (TPSA) is 53.4 Å². The number of carbonyl (C=O) groups excluding carboxylic acids is 1. The number of nitrogens with zero attached hydrogens (tertiary/aromatic N) is 2. The van der Waals surface area contributed by atoms with E-state index >= 15 is 0 Å². The van der Waals surface area contributed by atoms with Gasteiger partial charge in [-0.2, -0.15) is 22.0 Å². The number of hydrogen-bond donors (Lipinski definition) is 1. The Kier molecular flexibility index (Phi) is 4.40. The van der Waals surface area contributed by atoms with E-state index in [1.807, 2.05) is 0 Å². The van der Waals surface area contributed by atoms with Gasteiger partial charge in [0.2, 0.25) is 0 Å². The molecule has 3 rings (SSSR count). The van der Waals surface area contributed by atoms with E-state index in [-0.39, 0.29) is 11.7 Å². The molecule has 2 heterocycles. The fourth-order valence-corrected chi connectivity index (χ4v) is 2.99. The normalized spacial score (nSPS) is 17.3. The van der Waals surface area contributed by atoms with Crippen molar-refractivity contribution in [3.8, 4) is 0 Å². The van der Waals surface area contributed by atoms with Gasteiger partial charge >= 0.3 is 18.0 Å². The highest BCUT2D eigenvalue weighted by molar-refractivity contribution is 6.29.